The maximum atomic E-state index is 13.3. The number of alkyl halides is 3. The first kappa shape index (κ1) is 23.4. The van der Waals surface area contributed by atoms with E-state index in [9.17, 15) is 13.2 Å². The van der Waals surface area contributed by atoms with E-state index < -0.39 is 11.7 Å². The molecule has 12 heteroatoms. The van der Waals surface area contributed by atoms with Crippen LogP contribution in [0.4, 0.5) is 25.1 Å². The Bertz CT molecular complexity index is 1190. The number of piperidine rings is 1. The van der Waals surface area contributed by atoms with Gasteiger partial charge in [-0.2, -0.15) is 18.2 Å². The molecular weight excluding hydrogens is 463 g/mol. The topological polar surface area (TPSA) is 94.1 Å². The van der Waals surface area contributed by atoms with Crippen LogP contribution in [0, 0.1) is 25.7 Å². The van der Waals surface area contributed by atoms with Gasteiger partial charge < -0.3 is 19.4 Å². The number of aryl methyl sites for hydroxylation is 2. The Kier molecular flexibility index (Phi) is 5.84. The number of rotatable bonds is 6. The molecule has 2 fully saturated rings. The number of nitrogens with one attached hydrogen (secondary N) is 1. The molecule has 1 aliphatic heterocycles. The monoisotopic (exact) mass is 491 g/mol. The molecule has 0 amide bonds. The predicted molar refractivity (Wildman–Crippen MR) is 122 cm³/mol. The molecule has 0 radical (unpaired) electrons. The van der Waals surface area contributed by atoms with E-state index in [-0.39, 0.29) is 23.8 Å². The molecule has 5 rings (SSSR count). The fourth-order valence-electron chi connectivity index (χ4n) is 5.03. The lowest BCUT2D eigenvalue weighted by Crippen LogP contribution is -2.48. The minimum atomic E-state index is -4.46. The second kappa shape index (κ2) is 8.72. The molecule has 1 aromatic carbocycles. The highest BCUT2D eigenvalue weighted by Gasteiger charge is 2.44. The zero-order valence-electron chi connectivity index (χ0n) is 20.0. The number of aromatic nitrogens is 5. The van der Waals surface area contributed by atoms with Gasteiger partial charge in [0, 0.05) is 26.1 Å². The number of halogens is 3. The first-order valence-corrected chi connectivity index (χ1v) is 11.7. The van der Waals surface area contributed by atoms with Gasteiger partial charge in [0.2, 0.25) is 11.8 Å². The largest absolute Gasteiger partial charge is 0.424 e. The third-order valence-electron chi connectivity index (χ3n) is 6.59. The molecule has 2 bridgehead atoms. The second-order valence-corrected chi connectivity index (χ2v) is 9.67. The maximum absolute atomic E-state index is 13.3. The van der Waals surface area contributed by atoms with Crippen molar-refractivity contribution in [2.75, 3.05) is 23.3 Å². The number of benzene rings is 1. The van der Waals surface area contributed by atoms with Crippen molar-refractivity contribution in [3.63, 3.8) is 0 Å². The number of hydrogen-bond donors (Lipinski definition) is 1. The molecule has 0 unspecified atom stereocenters. The zero-order chi connectivity index (χ0) is 24.9. The lowest BCUT2D eigenvalue weighted by atomic mass is 9.92. The number of fused-ring (bicyclic) bond motifs is 2. The van der Waals surface area contributed by atoms with Gasteiger partial charge in [-0.05, 0) is 69.2 Å². The normalized spacial score (nSPS) is 22.2. The molecule has 3 aromatic rings. The Morgan fingerprint density at radius 2 is 1.80 bits per heavy atom. The first-order chi connectivity index (χ1) is 16.6. The van der Waals surface area contributed by atoms with Gasteiger partial charge in [-0.25, -0.2) is 4.68 Å². The Hall–Kier alpha value is -3.31. The summed E-state index contributed by atoms with van der Waals surface area (Å²) in [4.78, 5) is 6.63. The Morgan fingerprint density at radius 3 is 2.40 bits per heavy atom. The van der Waals surface area contributed by atoms with Gasteiger partial charge in [-0.3, -0.25) is 0 Å². The van der Waals surface area contributed by atoms with Crippen LogP contribution in [-0.4, -0.2) is 44.1 Å². The van der Waals surface area contributed by atoms with Gasteiger partial charge in [0.1, 0.15) is 5.75 Å². The molecule has 9 nitrogen and oxygen atoms in total. The van der Waals surface area contributed by atoms with Gasteiger partial charge in [0.25, 0.3) is 0 Å². The van der Waals surface area contributed by atoms with Crippen LogP contribution >= 0.6 is 0 Å². The minimum absolute atomic E-state index is 0.0707. The Labute approximate surface area is 200 Å². The minimum Gasteiger partial charge on any atom is -0.424 e. The van der Waals surface area contributed by atoms with Crippen molar-refractivity contribution in [1.29, 1.82) is 0 Å². The quantitative estimate of drug-likeness (QED) is 0.515. The molecule has 1 N–H and O–H groups in total. The summed E-state index contributed by atoms with van der Waals surface area (Å²) in [6.45, 7) is 8.77. The lowest BCUT2D eigenvalue weighted by molar-refractivity contribution is -0.137. The van der Waals surface area contributed by atoms with Gasteiger partial charge in [-0.1, -0.05) is 5.10 Å². The van der Waals surface area contributed by atoms with Crippen LogP contribution in [0.25, 0.3) is 0 Å². The molecule has 1 aliphatic carbocycles. The molecule has 3 atom stereocenters. The molecule has 2 aliphatic rings. The summed E-state index contributed by atoms with van der Waals surface area (Å²) in [7, 11) is 0. The summed E-state index contributed by atoms with van der Waals surface area (Å²) >= 11 is 0. The van der Waals surface area contributed by atoms with E-state index >= 15 is 0 Å². The molecule has 35 heavy (non-hydrogen) atoms. The van der Waals surface area contributed by atoms with Crippen molar-refractivity contribution in [3.05, 3.63) is 35.2 Å². The maximum Gasteiger partial charge on any atom is 0.416 e. The number of nitrogens with zero attached hydrogens (tertiary/aromatic N) is 6. The van der Waals surface area contributed by atoms with Crippen LogP contribution in [0.2, 0.25) is 0 Å². The molecule has 188 valence electrons. The van der Waals surface area contributed by atoms with E-state index in [4.69, 9.17) is 9.15 Å². The Morgan fingerprint density at radius 1 is 1.09 bits per heavy atom. The second-order valence-electron chi connectivity index (χ2n) is 9.67. The van der Waals surface area contributed by atoms with Crippen LogP contribution in [0.5, 0.6) is 11.8 Å². The van der Waals surface area contributed by atoms with Crippen LogP contribution in [0.3, 0.4) is 0 Å². The van der Waals surface area contributed by atoms with Crippen LogP contribution in [0.15, 0.2) is 22.6 Å². The zero-order valence-corrected chi connectivity index (χ0v) is 20.0. The summed E-state index contributed by atoms with van der Waals surface area (Å²) in [5.41, 5.74) is -0.315. The van der Waals surface area contributed by atoms with Gasteiger partial charge in [0.15, 0.2) is 0 Å². The van der Waals surface area contributed by atoms with E-state index in [1.54, 1.807) is 24.6 Å². The van der Waals surface area contributed by atoms with E-state index in [0.29, 0.717) is 35.3 Å². The summed E-state index contributed by atoms with van der Waals surface area (Å²) in [5.74, 6) is 1.71. The number of ether oxygens (including phenoxy) is 1. The van der Waals surface area contributed by atoms with E-state index in [1.165, 1.54) is 0 Å². The Balaban J connectivity index is 1.34. The molecule has 1 saturated heterocycles. The van der Waals surface area contributed by atoms with E-state index in [1.807, 2.05) is 13.8 Å². The predicted octanol–water partition coefficient (Wildman–Crippen LogP) is 5.00. The highest BCUT2D eigenvalue weighted by molar-refractivity contribution is 5.38. The average Bonchev–Trinajstić information content (AvgIpc) is 3.43. The highest BCUT2D eigenvalue weighted by Crippen LogP contribution is 2.40. The molecule has 2 aromatic heterocycles. The smallest absolute Gasteiger partial charge is 0.416 e. The van der Waals surface area contributed by atoms with Gasteiger partial charge >= 0.3 is 18.2 Å². The third-order valence-corrected chi connectivity index (χ3v) is 6.59. The van der Waals surface area contributed by atoms with Crippen molar-refractivity contribution in [1.82, 2.24) is 25.0 Å². The van der Waals surface area contributed by atoms with Crippen LogP contribution in [0.1, 0.15) is 49.7 Å². The van der Waals surface area contributed by atoms with Gasteiger partial charge in [-0.15, -0.1) is 10.2 Å². The number of anilines is 2. The molecular formula is C23H28F3N7O2. The molecule has 3 heterocycles. The van der Waals surface area contributed by atoms with Crippen LogP contribution in [-0.2, 0) is 6.18 Å². The fraction of sp³-hybridized carbons (Fsp3) is 0.565. The van der Waals surface area contributed by atoms with Crippen molar-refractivity contribution < 1.29 is 22.3 Å². The molecule has 1 saturated carbocycles. The lowest BCUT2D eigenvalue weighted by Gasteiger charge is -2.37. The van der Waals surface area contributed by atoms with Crippen molar-refractivity contribution in [3.8, 4) is 11.8 Å². The summed E-state index contributed by atoms with van der Waals surface area (Å²) in [6.07, 6.45) is -2.34. The van der Waals surface area contributed by atoms with Crippen molar-refractivity contribution in [2.45, 2.75) is 58.8 Å². The summed E-state index contributed by atoms with van der Waals surface area (Å²) in [6, 6.07) is 4.39. The van der Waals surface area contributed by atoms with Crippen molar-refractivity contribution in [2.24, 2.45) is 11.8 Å². The van der Waals surface area contributed by atoms with Crippen LogP contribution < -0.4 is 15.0 Å². The third kappa shape index (κ3) is 4.78. The van der Waals surface area contributed by atoms with Crippen molar-refractivity contribution >= 4 is 12.0 Å². The standard InChI is InChI=1S/C23H28F3N7O2/c1-12(2)33-21(35-18-8-13(3)7-17(9-18)23(24,25)26)28-20(31-33)27-19-15-5-6-16(19)11-32(10-15)22-30-29-14(4)34-22/h7-9,12,15-16,19H,5-6,10-11H2,1-4H3,(H,27,31)/t15-,16+,19+. The van der Waals surface area contributed by atoms with E-state index in [2.05, 4.69) is 30.5 Å². The molecule has 0 spiro atoms. The average molecular weight is 492 g/mol. The van der Waals surface area contributed by atoms with Gasteiger partial charge in [0.05, 0.1) is 11.6 Å². The SMILES string of the molecule is Cc1cc(Oc2nc(N[C@H]3[C@@H]4CC[C@H]3CN(c3nnc(C)o3)C4)nn2C(C)C)cc(C(F)(F)F)c1. The highest BCUT2D eigenvalue weighted by atomic mass is 19.4. The fourth-order valence-corrected chi connectivity index (χ4v) is 5.03. The summed E-state index contributed by atoms with van der Waals surface area (Å²) in [5, 5.41) is 16.1. The van der Waals surface area contributed by atoms with E-state index in [0.717, 1.165) is 38.1 Å². The number of hydrogen-bond acceptors (Lipinski definition) is 8. The first-order valence-electron chi connectivity index (χ1n) is 11.7. The summed E-state index contributed by atoms with van der Waals surface area (Å²) < 4.78 is 52.8.